The summed E-state index contributed by atoms with van der Waals surface area (Å²) < 4.78 is 0. The molecule has 1 aromatic heterocycles. The summed E-state index contributed by atoms with van der Waals surface area (Å²) in [5, 5.41) is 5.60. The Morgan fingerprint density at radius 1 is 1.33 bits per heavy atom. The first-order chi connectivity index (χ1) is 7.15. The van der Waals surface area contributed by atoms with Crippen molar-refractivity contribution < 1.29 is 4.79 Å². The van der Waals surface area contributed by atoms with Gasteiger partial charge in [0.1, 0.15) is 6.04 Å². The van der Waals surface area contributed by atoms with E-state index >= 15 is 0 Å². The third kappa shape index (κ3) is 3.19. The molecule has 0 radical (unpaired) electrons. The van der Waals surface area contributed by atoms with Crippen LogP contribution in [0.25, 0.3) is 0 Å². The zero-order valence-corrected chi connectivity index (χ0v) is 9.19. The zero-order valence-electron chi connectivity index (χ0n) is 9.19. The van der Waals surface area contributed by atoms with Crippen LogP contribution in [0.3, 0.4) is 0 Å². The van der Waals surface area contributed by atoms with E-state index < -0.39 is 0 Å². The first-order valence-electron chi connectivity index (χ1n) is 4.90. The lowest BCUT2D eigenvalue weighted by Crippen LogP contribution is -2.41. The van der Waals surface area contributed by atoms with Crippen molar-refractivity contribution in [2.75, 3.05) is 12.4 Å². The van der Waals surface area contributed by atoms with Crippen LogP contribution in [0.2, 0.25) is 0 Å². The minimum atomic E-state index is -0.308. The van der Waals surface area contributed by atoms with Gasteiger partial charge in [0.2, 0.25) is 11.9 Å². The molecule has 0 aliphatic carbocycles. The average Bonchev–Trinajstić information content (AvgIpc) is 2.26. The quantitative estimate of drug-likeness (QED) is 0.762. The number of nitrogens with zero attached hydrogens (tertiary/aromatic N) is 2. The van der Waals surface area contributed by atoms with Crippen molar-refractivity contribution in [3.05, 3.63) is 18.5 Å². The lowest BCUT2D eigenvalue weighted by Gasteiger charge is -2.20. The third-order valence-corrected chi connectivity index (χ3v) is 2.05. The minimum absolute atomic E-state index is 0.0579. The van der Waals surface area contributed by atoms with Gasteiger partial charge in [0.15, 0.2) is 0 Å². The SMILES string of the molecule is CNC(=O)[C@@H](Nc1ncccn1)C(C)C. The summed E-state index contributed by atoms with van der Waals surface area (Å²) >= 11 is 0. The number of hydrogen-bond acceptors (Lipinski definition) is 4. The van der Waals surface area contributed by atoms with Crippen LogP contribution < -0.4 is 10.6 Å². The van der Waals surface area contributed by atoms with E-state index in [0.717, 1.165) is 0 Å². The van der Waals surface area contributed by atoms with Crippen molar-refractivity contribution >= 4 is 11.9 Å². The molecule has 0 saturated carbocycles. The Bertz CT molecular complexity index is 312. The predicted octanol–water partition coefficient (Wildman–Crippen LogP) is 0.659. The molecule has 0 aliphatic heterocycles. The van der Waals surface area contributed by atoms with Gasteiger partial charge in [0, 0.05) is 19.4 Å². The largest absolute Gasteiger partial charge is 0.357 e. The smallest absolute Gasteiger partial charge is 0.242 e. The van der Waals surface area contributed by atoms with Crippen LogP contribution in [-0.2, 0) is 4.79 Å². The third-order valence-electron chi connectivity index (χ3n) is 2.05. The Morgan fingerprint density at radius 3 is 2.40 bits per heavy atom. The van der Waals surface area contributed by atoms with E-state index in [1.54, 1.807) is 25.5 Å². The molecule has 5 heteroatoms. The first-order valence-corrected chi connectivity index (χ1v) is 4.90. The van der Waals surface area contributed by atoms with Crippen LogP contribution in [0.1, 0.15) is 13.8 Å². The van der Waals surface area contributed by atoms with Crippen LogP contribution in [0.4, 0.5) is 5.95 Å². The fourth-order valence-corrected chi connectivity index (χ4v) is 1.20. The van der Waals surface area contributed by atoms with Gasteiger partial charge in [-0.3, -0.25) is 4.79 Å². The topological polar surface area (TPSA) is 66.9 Å². The summed E-state index contributed by atoms with van der Waals surface area (Å²) in [6.45, 7) is 3.94. The van der Waals surface area contributed by atoms with Crippen LogP contribution in [0, 0.1) is 5.92 Å². The maximum atomic E-state index is 11.5. The number of likely N-dealkylation sites (N-methyl/N-ethyl adjacent to an activating group) is 1. The van der Waals surface area contributed by atoms with Crippen LogP contribution in [0.5, 0.6) is 0 Å². The van der Waals surface area contributed by atoms with Gasteiger partial charge in [-0.15, -0.1) is 0 Å². The summed E-state index contributed by atoms with van der Waals surface area (Å²) in [6, 6.07) is 1.42. The van der Waals surface area contributed by atoms with E-state index in [1.807, 2.05) is 13.8 Å². The van der Waals surface area contributed by atoms with Gasteiger partial charge in [0.05, 0.1) is 0 Å². The molecule has 1 rings (SSSR count). The van der Waals surface area contributed by atoms with E-state index in [-0.39, 0.29) is 17.9 Å². The Labute approximate surface area is 89.3 Å². The molecule has 1 heterocycles. The molecular weight excluding hydrogens is 192 g/mol. The average molecular weight is 208 g/mol. The van der Waals surface area contributed by atoms with E-state index in [9.17, 15) is 4.79 Å². The fourth-order valence-electron chi connectivity index (χ4n) is 1.20. The maximum absolute atomic E-state index is 11.5. The monoisotopic (exact) mass is 208 g/mol. The second-order valence-corrected chi connectivity index (χ2v) is 3.55. The standard InChI is InChI=1S/C10H16N4O/c1-7(2)8(9(15)11-3)14-10-12-5-4-6-13-10/h4-8H,1-3H3,(H,11,15)(H,12,13,14)/t8-/m0/s1. The van der Waals surface area contributed by atoms with Gasteiger partial charge in [-0.1, -0.05) is 13.8 Å². The van der Waals surface area contributed by atoms with Crippen molar-refractivity contribution in [2.45, 2.75) is 19.9 Å². The summed E-state index contributed by atoms with van der Waals surface area (Å²) in [7, 11) is 1.62. The number of carbonyl (C=O) groups excluding carboxylic acids is 1. The number of nitrogens with one attached hydrogen (secondary N) is 2. The van der Waals surface area contributed by atoms with E-state index in [2.05, 4.69) is 20.6 Å². The fraction of sp³-hybridized carbons (Fsp3) is 0.500. The maximum Gasteiger partial charge on any atom is 0.242 e. The molecule has 0 saturated heterocycles. The molecule has 1 aromatic rings. The number of anilines is 1. The van der Waals surface area contributed by atoms with Crippen LogP contribution >= 0.6 is 0 Å². The van der Waals surface area contributed by atoms with Crippen molar-refractivity contribution in [3.8, 4) is 0 Å². The molecule has 15 heavy (non-hydrogen) atoms. The molecule has 0 fully saturated rings. The van der Waals surface area contributed by atoms with Crippen molar-refractivity contribution in [1.82, 2.24) is 15.3 Å². The normalized spacial score (nSPS) is 12.3. The highest BCUT2D eigenvalue weighted by molar-refractivity contribution is 5.84. The molecule has 0 unspecified atom stereocenters. The summed E-state index contributed by atoms with van der Waals surface area (Å²) in [5.74, 6) is 0.589. The highest BCUT2D eigenvalue weighted by Gasteiger charge is 2.21. The number of carbonyl (C=O) groups is 1. The van der Waals surface area contributed by atoms with Crippen LogP contribution in [0.15, 0.2) is 18.5 Å². The summed E-state index contributed by atoms with van der Waals surface area (Å²) in [6.07, 6.45) is 3.27. The molecule has 1 atom stereocenters. The molecule has 0 spiro atoms. The van der Waals surface area contributed by atoms with Crippen molar-refractivity contribution in [1.29, 1.82) is 0 Å². The lowest BCUT2D eigenvalue weighted by molar-refractivity contribution is -0.122. The molecule has 0 bridgehead atoms. The number of aromatic nitrogens is 2. The highest BCUT2D eigenvalue weighted by atomic mass is 16.2. The van der Waals surface area contributed by atoms with Crippen molar-refractivity contribution in [2.24, 2.45) is 5.92 Å². The van der Waals surface area contributed by atoms with Gasteiger partial charge in [-0.05, 0) is 12.0 Å². The number of rotatable bonds is 4. The van der Waals surface area contributed by atoms with E-state index in [4.69, 9.17) is 0 Å². The Morgan fingerprint density at radius 2 is 1.93 bits per heavy atom. The summed E-state index contributed by atoms with van der Waals surface area (Å²) in [5.41, 5.74) is 0. The number of amides is 1. The molecule has 0 aromatic carbocycles. The lowest BCUT2D eigenvalue weighted by atomic mass is 10.0. The predicted molar refractivity (Wildman–Crippen MR) is 58.3 cm³/mol. The first kappa shape index (κ1) is 11.4. The highest BCUT2D eigenvalue weighted by Crippen LogP contribution is 2.07. The summed E-state index contributed by atoms with van der Waals surface area (Å²) in [4.78, 5) is 19.6. The molecule has 82 valence electrons. The van der Waals surface area contributed by atoms with Crippen LogP contribution in [-0.4, -0.2) is 29.0 Å². The van der Waals surface area contributed by atoms with Gasteiger partial charge in [-0.2, -0.15) is 0 Å². The van der Waals surface area contributed by atoms with E-state index in [0.29, 0.717) is 5.95 Å². The Balaban J connectivity index is 2.72. The molecule has 1 amide bonds. The number of hydrogen-bond donors (Lipinski definition) is 2. The Hall–Kier alpha value is -1.65. The second kappa shape index (κ2) is 5.29. The zero-order chi connectivity index (χ0) is 11.3. The van der Waals surface area contributed by atoms with Gasteiger partial charge in [0.25, 0.3) is 0 Å². The van der Waals surface area contributed by atoms with Crippen molar-refractivity contribution in [3.63, 3.8) is 0 Å². The molecule has 0 aliphatic rings. The van der Waals surface area contributed by atoms with Gasteiger partial charge in [-0.25, -0.2) is 9.97 Å². The van der Waals surface area contributed by atoms with Gasteiger partial charge >= 0.3 is 0 Å². The Kier molecular flexibility index (Phi) is 4.03. The molecule has 5 nitrogen and oxygen atoms in total. The second-order valence-electron chi connectivity index (χ2n) is 3.55. The molecular formula is C10H16N4O. The molecule has 2 N–H and O–H groups in total. The van der Waals surface area contributed by atoms with Gasteiger partial charge < -0.3 is 10.6 Å². The van der Waals surface area contributed by atoms with E-state index in [1.165, 1.54) is 0 Å². The minimum Gasteiger partial charge on any atom is -0.357 e.